The van der Waals surface area contributed by atoms with E-state index in [0.717, 1.165) is 19.2 Å². The Morgan fingerprint density at radius 3 is 3.00 bits per heavy atom. The fraction of sp³-hybridized carbons (Fsp3) is 1.00. The lowest BCUT2D eigenvalue weighted by atomic mass is 9.94. The fourth-order valence-electron chi connectivity index (χ4n) is 2.11. The van der Waals surface area contributed by atoms with Crippen LogP contribution in [-0.4, -0.2) is 42.0 Å². The number of ether oxygens (including phenoxy) is 1. The van der Waals surface area contributed by atoms with E-state index in [4.69, 9.17) is 9.84 Å². The van der Waals surface area contributed by atoms with E-state index in [9.17, 15) is 0 Å². The van der Waals surface area contributed by atoms with Crippen molar-refractivity contribution in [1.29, 1.82) is 0 Å². The molecular weight excluding hydrogens is 154 g/mol. The lowest BCUT2D eigenvalue weighted by molar-refractivity contribution is -0.186. The van der Waals surface area contributed by atoms with Gasteiger partial charge in [0, 0.05) is 25.1 Å². The number of aliphatic hydroxyl groups excluding tert-OH is 1. The molecule has 0 spiro atoms. The van der Waals surface area contributed by atoms with E-state index in [1.165, 1.54) is 12.8 Å². The molecule has 2 aliphatic heterocycles. The SMILES string of the molecule is CC(CO)C1OCCC2CCN21. The Hall–Kier alpha value is -0.120. The van der Waals surface area contributed by atoms with E-state index in [1.807, 2.05) is 6.92 Å². The highest BCUT2D eigenvalue weighted by molar-refractivity contribution is 4.89. The highest BCUT2D eigenvalue weighted by Gasteiger charge is 2.39. The lowest BCUT2D eigenvalue weighted by Gasteiger charge is -2.50. The summed E-state index contributed by atoms with van der Waals surface area (Å²) < 4.78 is 5.63. The summed E-state index contributed by atoms with van der Waals surface area (Å²) in [6.45, 7) is 4.30. The Morgan fingerprint density at radius 1 is 1.58 bits per heavy atom. The van der Waals surface area contributed by atoms with Crippen LogP contribution in [0.15, 0.2) is 0 Å². The van der Waals surface area contributed by atoms with E-state index in [-0.39, 0.29) is 18.8 Å². The molecule has 0 saturated carbocycles. The highest BCUT2D eigenvalue weighted by atomic mass is 16.5. The van der Waals surface area contributed by atoms with Gasteiger partial charge in [-0.25, -0.2) is 0 Å². The van der Waals surface area contributed by atoms with Crippen LogP contribution in [0.25, 0.3) is 0 Å². The molecule has 2 heterocycles. The minimum absolute atomic E-state index is 0.183. The summed E-state index contributed by atoms with van der Waals surface area (Å²) in [5, 5.41) is 9.01. The maximum Gasteiger partial charge on any atom is 0.115 e. The van der Waals surface area contributed by atoms with Crippen molar-refractivity contribution in [2.24, 2.45) is 5.92 Å². The van der Waals surface area contributed by atoms with Crippen molar-refractivity contribution in [1.82, 2.24) is 4.90 Å². The molecule has 3 heteroatoms. The quantitative estimate of drug-likeness (QED) is 0.654. The Balaban J connectivity index is 1.95. The highest BCUT2D eigenvalue weighted by Crippen LogP contribution is 2.31. The van der Waals surface area contributed by atoms with Crippen LogP contribution in [0.2, 0.25) is 0 Å². The zero-order valence-corrected chi connectivity index (χ0v) is 7.57. The third-order valence-electron chi connectivity index (χ3n) is 3.03. The van der Waals surface area contributed by atoms with Crippen LogP contribution in [0, 0.1) is 5.92 Å². The van der Waals surface area contributed by atoms with Crippen molar-refractivity contribution in [3.63, 3.8) is 0 Å². The Bertz CT molecular complexity index is 163. The van der Waals surface area contributed by atoms with Gasteiger partial charge in [-0.3, -0.25) is 4.90 Å². The molecular formula is C9H17NO2. The molecule has 0 aliphatic carbocycles. The largest absolute Gasteiger partial charge is 0.396 e. The van der Waals surface area contributed by atoms with E-state index < -0.39 is 0 Å². The molecule has 2 rings (SSSR count). The van der Waals surface area contributed by atoms with Crippen LogP contribution < -0.4 is 0 Å². The van der Waals surface area contributed by atoms with Gasteiger partial charge < -0.3 is 9.84 Å². The van der Waals surface area contributed by atoms with Crippen molar-refractivity contribution < 1.29 is 9.84 Å². The molecule has 0 amide bonds. The molecule has 12 heavy (non-hydrogen) atoms. The van der Waals surface area contributed by atoms with Gasteiger partial charge in [-0.15, -0.1) is 0 Å². The first kappa shape index (κ1) is 8.48. The van der Waals surface area contributed by atoms with Gasteiger partial charge in [0.2, 0.25) is 0 Å². The van der Waals surface area contributed by atoms with Crippen molar-refractivity contribution >= 4 is 0 Å². The first-order valence-corrected chi connectivity index (χ1v) is 4.81. The number of hydrogen-bond donors (Lipinski definition) is 1. The predicted octanol–water partition coefficient (Wildman–Crippen LogP) is 0.435. The minimum atomic E-state index is 0.183. The lowest BCUT2D eigenvalue weighted by Crippen LogP contribution is -2.60. The van der Waals surface area contributed by atoms with Gasteiger partial charge in [-0.05, 0) is 12.8 Å². The van der Waals surface area contributed by atoms with Gasteiger partial charge in [0.25, 0.3) is 0 Å². The first-order chi connectivity index (χ1) is 5.83. The van der Waals surface area contributed by atoms with Crippen LogP contribution in [0.5, 0.6) is 0 Å². The summed E-state index contributed by atoms with van der Waals surface area (Å²) in [6.07, 6.45) is 2.68. The van der Waals surface area contributed by atoms with E-state index in [0.29, 0.717) is 0 Å². The Labute approximate surface area is 73.3 Å². The number of rotatable bonds is 2. The van der Waals surface area contributed by atoms with Crippen LogP contribution in [0.3, 0.4) is 0 Å². The maximum absolute atomic E-state index is 9.01. The summed E-state index contributed by atoms with van der Waals surface area (Å²) in [5.74, 6) is 0.257. The molecule has 3 unspecified atom stereocenters. The molecule has 0 radical (unpaired) electrons. The normalized spacial score (nSPS) is 38.5. The summed E-state index contributed by atoms with van der Waals surface area (Å²) in [6, 6.07) is 0.748. The molecule has 3 nitrogen and oxygen atoms in total. The zero-order chi connectivity index (χ0) is 8.55. The van der Waals surface area contributed by atoms with Crippen LogP contribution >= 0.6 is 0 Å². The number of aliphatic hydroxyl groups is 1. The molecule has 0 aromatic rings. The summed E-state index contributed by atoms with van der Waals surface area (Å²) in [5.41, 5.74) is 0. The molecule has 0 aromatic carbocycles. The molecule has 0 bridgehead atoms. The monoisotopic (exact) mass is 171 g/mol. The van der Waals surface area contributed by atoms with Gasteiger partial charge in [0.15, 0.2) is 0 Å². The summed E-state index contributed by atoms with van der Waals surface area (Å²) in [4.78, 5) is 2.38. The van der Waals surface area contributed by atoms with Crippen LogP contribution in [0.4, 0.5) is 0 Å². The van der Waals surface area contributed by atoms with Gasteiger partial charge in [0.05, 0.1) is 6.61 Å². The molecule has 2 aliphatic rings. The van der Waals surface area contributed by atoms with Gasteiger partial charge in [-0.1, -0.05) is 6.92 Å². The number of hydrogen-bond acceptors (Lipinski definition) is 3. The maximum atomic E-state index is 9.01. The molecule has 0 aromatic heterocycles. The van der Waals surface area contributed by atoms with Crippen LogP contribution in [0.1, 0.15) is 19.8 Å². The minimum Gasteiger partial charge on any atom is -0.396 e. The fourth-order valence-corrected chi connectivity index (χ4v) is 2.11. The van der Waals surface area contributed by atoms with E-state index in [1.54, 1.807) is 0 Å². The van der Waals surface area contributed by atoms with Crippen molar-refractivity contribution in [2.45, 2.75) is 32.0 Å². The smallest absolute Gasteiger partial charge is 0.115 e. The molecule has 2 fully saturated rings. The average molecular weight is 171 g/mol. The van der Waals surface area contributed by atoms with Gasteiger partial charge >= 0.3 is 0 Å². The number of nitrogens with zero attached hydrogens (tertiary/aromatic N) is 1. The summed E-state index contributed by atoms with van der Waals surface area (Å²) >= 11 is 0. The van der Waals surface area contributed by atoms with Crippen molar-refractivity contribution in [2.75, 3.05) is 19.8 Å². The predicted molar refractivity (Wildman–Crippen MR) is 45.7 cm³/mol. The second-order valence-corrected chi connectivity index (χ2v) is 3.89. The third-order valence-corrected chi connectivity index (χ3v) is 3.03. The van der Waals surface area contributed by atoms with Crippen molar-refractivity contribution in [3.05, 3.63) is 0 Å². The standard InChI is InChI=1S/C9H17NO2/c1-7(6-11)9-10-4-2-8(10)3-5-12-9/h7-9,11H,2-6H2,1H3. The third kappa shape index (κ3) is 1.26. The average Bonchev–Trinajstić information content (AvgIpc) is 2.05. The molecule has 3 atom stereocenters. The zero-order valence-electron chi connectivity index (χ0n) is 7.57. The Kier molecular flexibility index (Phi) is 2.35. The second-order valence-electron chi connectivity index (χ2n) is 3.89. The van der Waals surface area contributed by atoms with Crippen LogP contribution in [-0.2, 0) is 4.74 Å². The van der Waals surface area contributed by atoms with Gasteiger partial charge in [0.1, 0.15) is 6.23 Å². The van der Waals surface area contributed by atoms with Gasteiger partial charge in [-0.2, -0.15) is 0 Å². The molecule has 70 valence electrons. The summed E-state index contributed by atoms with van der Waals surface area (Å²) in [7, 11) is 0. The number of fused-ring (bicyclic) bond motifs is 1. The van der Waals surface area contributed by atoms with E-state index in [2.05, 4.69) is 4.90 Å². The topological polar surface area (TPSA) is 32.7 Å². The van der Waals surface area contributed by atoms with E-state index >= 15 is 0 Å². The first-order valence-electron chi connectivity index (χ1n) is 4.81. The molecule has 1 N–H and O–H groups in total. The second kappa shape index (κ2) is 3.32. The molecule has 2 saturated heterocycles. The van der Waals surface area contributed by atoms with Crippen molar-refractivity contribution in [3.8, 4) is 0 Å². The Morgan fingerprint density at radius 2 is 2.42 bits per heavy atom.